The van der Waals surface area contributed by atoms with Crippen molar-refractivity contribution in [3.05, 3.63) is 83.8 Å². The van der Waals surface area contributed by atoms with Gasteiger partial charge in [-0.25, -0.2) is 9.78 Å². The Morgan fingerprint density at radius 2 is 1.94 bits per heavy atom. The van der Waals surface area contributed by atoms with Crippen molar-refractivity contribution < 1.29 is 24.5 Å². The van der Waals surface area contributed by atoms with Crippen LogP contribution in [0.3, 0.4) is 0 Å². The van der Waals surface area contributed by atoms with Crippen molar-refractivity contribution in [1.82, 2.24) is 10.3 Å². The normalized spacial score (nSPS) is 11.2. The van der Waals surface area contributed by atoms with Crippen molar-refractivity contribution in [2.45, 2.75) is 45.1 Å². The van der Waals surface area contributed by atoms with Crippen LogP contribution in [0.15, 0.2) is 61.4 Å². The van der Waals surface area contributed by atoms with Crippen molar-refractivity contribution in [2.75, 3.05) is 6.61 Å². The topological polar surface area (TPSA) is 109 Å². The number of aromatic hydroxyl groups is 1. The Balaban J connectivity index is 1.85. The number of carbonyl (C=O) groups excluding carboxylic acids is 1. The Labute approximate surface area is 210 Å². The third-order valence-corrected chi connectivity index (χ3v) is 5.58. The van der Waals surface area contributed by atoms with E-state index >= 15 is 0 Å². The summed E-state index contributed by atoms with van der Waals surface area (Å²) < 4.78 is 5.30. The molecule has 36 heavy (non-hydrogen) atoms. The van der Waals surface area contributed by atoms with E-state index in [1.807, 2.05) is 0 Å². The van der Waals surface area contributed by atoms with Gasteiger partial charge < -0.3 is 20.3 Å². The number of rotatable bonds is 11. The number of phenols is 1. The van der Waals surface area contributed by atoms with Crippen molar-refractivity contribution in [3.63, 3.8) is 0 Å². The largest absolute Gasteiger partial charge is 0.508 e. The van der Waals surface area contributed by atoms with Crippen LogP contribution in [0, 0.1) is 11.8 Å². The van der Waals surface area contributed by atoms with Crippen LogP contribution < -0.4 is 5.32 Å². The van der Waals surface area contributed by atoms with Crippen molar-refractivity contribution in [1.29, 1.82) is 0 Å². The molecule has 7 heteroatoms. The molecule has 3 aromatic rings. The van der Waals surface area contributed by atoms with Gasteiger partial charge in [0, 0.05) is 17.4 Å². The molecule has 0 saturated carbocycles. The predicted molar refractivity (Wildman–Crippen MR) is 139 cm³/mol. The Morgan fingerprint density at radius 3 is 2.64 bits per heavy atom. The van der Waals surface area contributed by atoms with Crippen LogP contribution in [0.5, 0.6) is 5.75 Å². The lowest BCUT2D eigenvalue weighted by molar-refractivity contribution is 0.0699. The summed E-state index contributed by atoms with van der Waals surface area (Å²) in [7, 11) is 0. The molecular formula is C29H30N2O5. The third-order valence-electron chi connectivity index (χ3n) is 5.58. The summed E-state index contributed by atoms with van der Waals surface area (Å²) in [4.78, 5) is 29.5. The van der Waals surface area contributed by atoms with E-state index in [4.69, 9.17) is 4.74 Å². The second kappa shape index (κ2) is 13.0. The Bertz CT molecular complexity index is 1290. The smallest absolute Gasteiger partial charge is 0.336 e. The van der Waals surface area contributed by atoms with E-state index in [0.717, 1.165) is 31.2 Å². The number of aromatic nitrogens is 1. The number of phenolic OH excluding ortho intramolecular Hbond substituents is 1. The average Bonchev–Trinajstić information content (AvgIpc) is 2.87. The first-order chi connectivity index (χ1) is 17.4. The maximum atomic E-state index is 13.1. The van der Waals surface area contributed by atoms with Crippen molar-refractivity contribution in [3.8, 4) is 17.6 Å². The zero-order valence-corrected chi connectivity index (χ0v) is 20.3. The molecule has 1 aromatic heterocycles. The van der Waals surface area contributed by atoms with Crippen LogP contribution in [-0.4, -0.2) is 39.7 Å². The number of pyridine rings is 1. The number of hydrogen-bond donors (Lipinski definition) is 3. The summed E-state index contributed by atoms with van der Waals surface area (Å²) in [6.45, 7) is 5.84. The lowest BCUT2D eigenvalue weighted by atomic mass is 10.0. The van der Waals surface area contributed by atoms with E-state index in [0.29, 0.717) is 22.9 Å². The van der Waals surface area contributed by atoms with E-state index in [9.17, 15) is 19.8 Å². The van der Waals surface area contributed by atoms with Gasteiger partial charge in [-0.2, -0.15) is 0 Å². The first-order valence-electron chi connectivity index (χ1n) is 11.9. The molecule has 0 unspecified atom stereocenters. The molecule has 0 spiro atoms. The van der Waals surface area contributed by atoms with E-state index in [-0.39, 0.29) is 23.6 Å². The van der Waals surface area contributed by atoms with E-state index in [2.05, 4.69) is 35.6 Å². The van der Waals surface area contributed by atoms with Crippen molar-refractivity contribution in [2.24, 2.45) is 0 Å². The zero-order valence-electron chi connectivity index (χ0n) is 20.3. The molecule has 1 heterocycles. The summed E-state index contributed by atoms with van der Waals surface area (Å²) in [5.74, 6) is 4.69. The Hall–Kier alpha value is -4.31. The molecule has 1 atom stereocenters. The molecule has 0 bridgehead atoms. The van der Waals surface area contributed by atoms with Gasteiger partial charge in [0.15, 0.2) is 0 Å². The molecule has 0 radical (unpaired) electrons. The number of carboxylic acids is 1. The molecule has 1 amide bonds. The van der Waals surface area contributed by atoms with Crippen LogP contribution in [0.25, 0.3) is 10.9 Å². The molecule has 3 N–H and O–H groups in total. The maximum Gasteiger partial charge on any atom is 0.336 e. The van der Waals surface area contributed by atoms with Gasteiger partial charge in [0.1, 0.15) is 18.1 Å². The number of nitrogens with one attached hydrogen (secondary N) is 1. The predicted octanol–water partition coefficient (Wildman–Crippen LogP) is 5.07. The summed E-state index contributed by atoms with van der Waals surface area (Å²) in [5, 5.41) is 22.6. The van der Waals surface area contributed by atoms with Crippen LogP contribution >= 0.6 is 0 Å². The maximum absolute atomic E-state index is 13.1. The average molecular weight is 487 g/mol. The first kappa shape index (κ1) is 26.3. The first-order valence-corrected chi connectivity index (χ1v) is 11.9. The number of benzene rings is 2. The molecular weight excluding hydrogens is 456 g/mol. The molecule has 0 saturated heterocycles. The number of nitrogens with zero attached hydrogens (tertiary/aromatic N) is 1. The number of hydrogen-bond acceptors (Lipinski definition) is 5. The minimum Gasteiger partial charge on any atom is -0.508 e. The number of carboxylic acid groups (broad SMARTS) is 1. The molecule has 7 nitrogen and oxygen atoms in total. The van der Waals surface area contributed by atoms with Crippen LogP contribution in [0.4, 0.5) is 0 Å². The SMILES string of the molecule is C=COC[C@H](Cc1ccc(O)cc1)NC(=O)c1cc(C(=O)O)c2cc(C#CCCCCC)ccc2n1. The fourth-order valence-electron chi connectivity index (χ4n) is 3.74. The fourth-order valence-corrected chi connectivity index (χ4v) is 3.74. The Morgan fingerprint density at radius 1 is 1.17 bits per heavy atom. The minimum absolute atomic E-state index is 0.00684. The van der Waals surface area contributed by atoms with E-state index in [1.165, 1.54) is 12.3 Å². The number of amides is 1. The second-order valence-corrected chi connectivity index (χ2v) is 8.39. The van der Waals surface area contributed by atoms with E-state index < -0.39 is 17.9 Å². The standard InChI is InChI=1S/C29H30N2O5/c1-3-5-6-7-8-9-20-12-15-26-24(17-20)25(29(34)35)18-27(31-26)28(33)30-22(19-36-4-2)16-21-10-13-23(32)14-11-21/h4,10-15,17-18,22,32H,2-3,5-7,16,19H2,1H3,(H,30,33)(H,34,35)/t22-/m0/s1. The van der Waals surface area contributed by atoms with Crippen LogP contribution in [0.2, 0.25) is 0 Å². The lowest BCUT2D eigenvalue weighted by Crippen LogP contribution is -2.40. The monoisotopic (exact) mass is 486 g/mol. The lowest BCUT2D eigenvalue weighted by Gasteiger charge is -2.18. The van der Waals surface area contributed by atoms with Gasteiger partial charge in [0.05, 0.1) is 23.4 Å². The Kier molecular flexibility index (Phi) is 9.47. The van der Waals surface area contributed by atoms with Crippen LogP contribution in [0.1, 0.15) is 64.6 Å². The quantitative estimate of drug-likeness (QED) is 0.198. The summed E-state index contributed by atoms with van der Waals surface area (Å²) >= 11 is 0. The zero-order chi connectivity index (χ0) is 25.9. The van der Waals surface area contributed by atoms with Gasteiger partial charge in [0.2, 0.25) is 0 Å². The third kappa shape index (κ3) is 7.34. The van der Waals surface area contributed by atoms with Crippen molar-refractivity contribution >= 4 is 22.8 Å². The summed E-state index contributed by atoms with van der Waals surface area (Å²) in [6, 6.07) is 12.6. The van der Waals surface area contributed by atoms with Crippen LogP contribution in [-0.2, 0) is 11.2 Å². The molecule has 0 aliphatic heterocycles. The molecule has 186 valence electrons. The highest BCUT2D eigenvalue weighted by Gasteiger charge is 2.20. The molecule has 2 aromatic carbocycles. The van der Waals surface area contributed by atoms with Gasteiger partial charge in [-0.05, 0) is 54.8 Å². The molecule has 0 fully saturated rings. The highest BCUT2D eigenvalue weighted by atomic mass is 16.5. The minimum atomic E-state index is -1.15. The number of unbranched alkanes of at least 4 members (excludes halogenated alkanes) is 3. The summed E-state index contributed by atoms with van der Waals surface area (Å²) in [6.07, 6.45) is 5.79. The van der Waals surface area contributed by atoms with E-state index in [1.54, 1.807) is 42.5 Å². The summed E-state index contributed by atoms with van der Waals surface area (Å²) in [5.41, 5.74) is 1.96. The number of ether oxygens (including phenoxy) is 1. The number of fused-ring (bicyclic) bond motifs is 1. The molecule has 3 rings (SSSR count). The van der Waals surface area contributed by atoms with Gasteiger partial charge in [-0.3, -0.25) is 4.79 Å². The molecule has 0 aliphatic carbocycles. The fraction of sp³-hybridized carbons (Fsp3) is 0.276. The molecule has 0 aliphatic rings. The van der Waals surface area contributed by atoms with Gasteiger partial charge >= 0.3 is 5.97 Å². The number of aromatic carboxylic acids is 1. The van der Waals surface area contributed by atoms with Gasteiger partial charge in [0.25, 0.3) is 5.91 Å². The van der Waals surface area contributed by atoms with Gasteiger partial charge in [-0.1, -0.05) is 50.3 Å². The van der Waals surface area contributed by atoms with Gasteiger partial charge in [-0.15, -0.1) is 0 Å². The highest BCUT2D eigenvalue weighted by Crippen LogP contribution is 2.21. The number of carbonyl (C=O) groups is 2. The highest BCUT2D eigenvalue weighted by molar-refractivity contribution is 6.06. The second-order valence-electron chi connectivity index (χ2n) is 8.39.